The molecule has 7 aliphatic heterocycles. The van der Waals surface area contributed by atoms with Gasteiger partial charge in [-0.2, -0.15) is 8.42 Å². The normalized spacial score (nSPS) is 46.3. The van der Waals surface area contributed by atoms with Crippen molar-refractivity contribution >= 4 is 34.0 Å². The predicted molar refractivity (Wildman–Crippen MR) is 289 cm³/mol. The van der Waals surface area contributed by atoms with Gasteiger partial charge in [-0.05, 0) is 0 Å². The summed E-state index contributed by atoms with van der Waals surface area (Å²) in [7, 11) is -5.38. The summed E-state index contributed by atoms with van der Waals surface area (Å²) in [6.07, 6.45) is -63.6. The fourth-order valence-electron chi connectivity index (χ4n) is 11.7. The minimum atomic E-state index is -5.38. The van der Waals surface area contributed by atoms with Crippen molar-refractivity contribution < 1.29 is 190 Å². The van der Waals surface area contributed by atoms with Crippen molar-refractivity contribution in [2.75, 3.05) is 46.2 Å². The van der Waals surface area contributed by atoms with Gasteiger partial charge in [-0.25, -0.2) is 4.18 Å². The number of ether oxygens (including phenoxy) is 13. The van der Waals surface area contributed by atoms with Gasteiger partial charge in [0.1, 0.15) is 171 Å². The van der Waals surface area contributed by atoms with E-state index in [9.17, 15) is 124 Å². The molecule has 43 nitrogen and oxygen atoms in total. The van der Waals surface area contributed by atoms with Gasteiger partial charge in [0.2, 0.25) is 23.6 Å². The summed E-state index contributed by atoms with van der Waals surface area (Å²) < 4.78 is 113. The Bertz CT molecular complexity index is 2580. The molecule has 0 aromatic heterocycles. The molecule has 7 heterocycles. The van der Waals surface area contributed by atoms with Crippen LogP contribution in [0.4, 0.5) is 0 Å². The molecule has 0 radical (unpaired) electrons. The van der Waals surface area contributed by atoms with Crippen LogP contribution < -0.4 is 21.3 Å². The molecule has 0 aromatic carbocycles. The molecule has 7 fully saturated rings. The van der Waals surface area contributed by atoms with Gasteiger partial charge in [-0.15, -0.1) is 0 Å². The molecule has 44 heteroatoms. The van der Waals surface area contributed by atoms with Crippen LogP contribution in [0.25, 0.3) is 0 Å². The molecule has 0 bridgehead atoms. The Kier molecular flexibility index (Phi) is 27.8. The lowest BCUT2D eigenvalue weighted by molar-refractivity contribution is -0.396. The molecule has 23 N–H and O–H groups in total. The van der Waals surface area contributed by atoms with Crippen molar-refractivity contribution in [2.45, 2.75) is 242 Å². The topological polar surface area (TPSA) is 664 Å². The second-order valence-corrected chi connectivity index (χ2v) is 24.1. The van der Waals surface area contributed by atoms with Crippen LogP contribution in [0.1, 0.15) is 27.7 Å². The Hall–Kier alpha value is -3.49. The van der Waals surface area contributed by atoms with Gasteiger partial charge in [0.15, 0.2) is 44.0 Å². The van der Waals surface area contributed by atoms with Gasteiger partial charge in [-0.1, -0.05) is 0 Å². The Balaban J connectivity index is 1.20. The Morgan fingerprint density at radius 1 is 0.330 bits per heavy atom. The van der Waals surface area contributed by atoms with Crippen molar-refractivity contribution in [1.29, 1.82) is 0 Å². The first-order valence-electron chi connectivity index (χ1n) is 29.3. The zero-order chi connectivity index (χ0) is 69.7. The van der Waals surface area contributed by atoms with Crippen molar-refractivity contribution in [3.63, 3.8) is 0 Å². The van der Waals surface area contributed by atoms with Crippen molar-refractivity contribution in [2.24, 2.45) is 0 Å². The maximum Gasteiger partial charge on any atom is 0.397 e. The number of carbonyl (C=O) groups excluding carboxylic acids is 4. The van der Waals surface area contributed by atoms with Gasteiger partial charge < -0.3 is 175 Å². The minimum absolute atomic E-state index is 0.757. The highest BCUT2D eigenvalue weighted by atomic mass is 32.3. The summed E-state index contributed by atoms with van der Waals surface area (Å²) in [6.45, 7) is -3.64. The lowest BCUT2D eigenvalue weighted by Crippen LogP contribution is -2.71. The summed E-state index contributed by atoms with van der Waals surface area (Å²) in [4.78, 5) is 50.0. The van der Waals surface area contributed by atoms with E-state index in [0.29, 0.717) is 0 Å². The average molecular weight is 1400 g/mol. The molecule has 7 saturated heterocycles. The molecule has 4 amide bonds. The van der Waals surface area contributed by atoms with Crippen LogP contribution in [0.2, 0.25) is 0 Å². The highest BCUT2D eigenvalue weighted by Gasteiger charge is 2.60. The molecule has 544 valence electrons. The van der Waals surface area contributed by atoms with Gasteiger partial charge in [0.05, 0.1) is 46.2 Å². The van der Waals surface area contributed by atoms with Crippen LogP contribution in [0, 0.1) is 0 Å². The first kappa shape index (κ1) is 77.9. The van der Waals surface area contributed by atoms with E-state index in [1.165, 1.54) is 0 Å². The summed E-state index contributed by atoms with van der Waals surface area (Å²) >= 11 is 0. The van der Waals surface area contributed by atoms with Gasteiger partial charge in [-0.3, -0.25) is 23.7 Å². The summed E-state index contributed by atoms with van der Waals surface area (Å²) in [6, 6.07) is -7.29. The van der Waals surface area contributed by atoms with Crippen LogP contribution in [-0.4, -0.2) is 389 Å². The summed E-state index contributed by atoms with van der Waals surface area (Å²) in [5, 5.41) is 208. The predicted octanol–water partition coefficient (Wildman–Crippen LogP) is -15.9. The van der Waals surface area contributed by atoms with E-state index < -0.39 is 295 Å². The Morgan fingerprint density at radius 2 is 0.660 bits per heavy atom. The third kappa shape index (κ3) is 17.9. The smallest absolute Gasteiger partial charge is 0.394 e. The number of amides is 4. The third-order valence-electron chi connectivity index (χ3n) is 16.3. The van der Waals surface area contributed by atoms with Crippen molar-refractivity contribution in [1.82, 2.24) is 21.3 Å². The molecule has 0 saturated carbocycles. The first-order chi connectivity index (χ1) is 44.2. The van der Waals surface area contributed by atoms with Crippen LogP contribution in [0.5, 0.6) is 0 Å². The zero-order valence-corrected chi connectivity index (χ0v) is 51.0. The second kappa shape index (κ2) is 33.6. The largest absolute Gasteiger partial charge is 0.397 e. The number of hydrogen-bond acceptors (Lipinski definition) is 38. The molecule has 0 spiro atoms. The van der Waals surface area contributed by atoms with E-state index in [1.54, 1.807) is 0 Å². The molecular weight excluding hydrogens is 1310 g/mol. The van der Waals surface area contributed by atoms with E-state index in [-0.39, 0.29) is 0 Å². The van der Waals surface area contributed by atoms with E-state index in [4.69, 9.17) is 61.6 Å². The SMILES string of the molecule is CC(=O)N[C@@H]1[C@@H](O)[C@H](O[C@@H]2O[C@H](CO)[C@@H](O[C@@H]3O[C@H](CO[C@H]4O[C@H](CO)[C@@H](O)[C@H](O)[C@@H]4O)[C@@H](O)[C@H](O[C@H]4O[C@H](CO)[C@@H](O)[C@H](O)[C@@H]4O[C@@H]4O[C@H](CO)[C@@H](O[C@@H]5O[C@H](CO)[C@H](OS(=O)(=O)O)[C@H](O)[C@H]5NC(C)=O)[C@H](O)[C@H]4NC(C)=O)[C@@H]3O)[C@H](O)[C@H]2NC(C)=O)[C@@H](CO)O[C@H]1O. The lowest BCUT2D eigenvalue weighted by Gasteiger charge is -2.51. The molecule has 0 unspecified atom stereocenters. The quantitative estimate of drug-likeness (QED) is 0.0377. The summed E-state index contributed by atoms with van der Waals surface area (Å²) in [5.74, 6) is -3.54. The standard InChI is InChI=1S/C50H84N4O39S/c1-12(61)51-23-30(68)38(18(7-57)81-44(23)76)88-45-24(52-13(2)62)32(70)40(20(9-59)84-45)90-49-37(75)42(29(67)22(87-49)11-80-48-36(74)34(72)27(65)16(5-55)82-48)91-50-43(35(73)28(66)17(6-56)83-50)92-47-25(53-14(3)63)31(69)39(19(8-58)85-47)89-46-26(54-15(4)64)33(71)41(21(10-60)86-46)93-94(77,78)79/h16-50,55-60,65-76H,5-11H2,1-4H3,(H,51,61)(H,52,62)(H,53,63)(H,54,64)(H,77,78,79)/t16-,17-,18-,19-,20-,21-,22-,23-,24-,25-,26-,27-,28-,29-,30-,31-,32-,33-,34+,35+,36+,37+,38-,39-,40-,41+,42+,43+,44-,45+,46+,47+,48+,49+,50-/m1/s1. The van der Waals surface area contributed by atoms with E-state index >= 15 is 0 Å². The van der Waals surface area contributed by atoms with Crippen LogP contribution in [0.3, 0.4) is 0 Å². The second-order valence-electron chi connectivity index (χ2n) is 23.0. The van der Waals surface area contributed by atoms with Crippen molar-refractivity contribution in [3.8, 4) is 0 Å². The highest BCUT2D eigenvalue weighted by molar-refractivity contribution is 7.80. The van der Waals surface area contributed by atoms with E-state index in [2.05, 4.69) is 25.5 Å². The molecule has 0 aromatic rings. The molecule has 35 atom stereocenters. The van der Waals surface area contributed by atoms with Crippen LogP contribution in [0.15, 0.2) is 0 Å². The van der Waals surface area contributed by atoms with E-state index in [1.807, 2.05) is 0 Å². The van der Waals surface area contributed by atoms with Gasteiger partial charge in [0.25, 0.3) is 0 Å². The Labute approximate surface area is 532 Å². The number of rotatable bonds is 25. The van der Waals surface area contributed by atoms with Crippen LogP contribution >= 0.6 is 0 Å². The highest BCUT2D eigenvalue weighted by Crippen LogP contribution is 2.38. The fourth-order valence-corrected chi connectivity index (χ4v) is 12.3. The lowest BCUT2D eigenvalue weighted by atomic mass is 9.93. The molecule has 94 heavy (non-hydrogen) atoms. The number of aliphatic hydroxyl groups is 18. The van der Waals surface area contributed by atoms with Crippen molar-refractivity contribution in [3.05, 3.63) is 0 Å². The van der Waals surface area contributed by atoms with Gasteiger partial charge >= 0.3 is 10.4 Å². The monoisotopic (exact) mass is 1400 g/mol. The molecule has 7 aliphatic rings. The minimum Gasteiger partial charge on any atom is -0.394 e. The Morgan fingerprint density at radius 3 is 1.09 bits per heavy atom. The zero-order valence-electron chi connectivity index (χ0n) is 50.2. The summed E-state index contributed by atoms with van der Waals surface area (Å²) in [5.41, 5.74) is 0. The average Bonchev–Trinajstić information content (AvgIpc) is 0.772. The first-order valence-corrected chi connectivity index (χ1v) is 30.6. The number of carbonyl (C=O) groups is 4. The van der Waals surface area contributed by atoms with Crippen LogP contribution in [-0.2, 0) is 95.3 Å². The maximum atomic E-state index is 12.9. The third-order valence-corrected chi connectivity index (χ3v) is 16.8. The molecular formula is C50H84N4O39S. The number of aliphatic hydroxyl groups excluding tert-OH is 18. The van der Waals surface area contributed by atoms with E-state index in [0.717, 1.165) is 27.7 Å². The molecule has 0 aliphatic carbocycles. The fraction of sp³-hybridized carbons (Fsp3) is 0.920. The maximum absolute atomic E-state index is 12.9. The molecule has 7 rings (SSSR count). The number of hydrogen-bond donors (Lipinski definition) is 23. The van der Waals surface area contributed by atoms with Gasteiger partial charge in [0, 0.05) is 27.7 Å². The number of nitrogens with one attached hydrogen (secondary N) is 4.